The van der Waals surface area contributed by atoms with Gasteiger partial charge in [0.2, 0.25) is 5.72 Å². The number of rotatable bonds is 3. The van der Waals surface area contributed by atoms with Gasteiger partial charge in [0.15, 0.2) is 0 Å². The molecule has 28 heavy (non-hydrogen) atoms. The van der Waals surface area contributed by atoms with Crippen molar-refractivity contribution < 1.29 is 19.4 Å². The SMILES string of the molecule is CCC12CCCN3CCc4c(n(c5c(OC)cccc45)C(O)(C(=O)OC)C1)C32. The number of hydrogen-bond donors (Lipinski definition) is 1. The average Bonchev–Trinajstić information content (AvgIpc) is 3.08. The van der Waals surface area contributed by atoms with Crippen molar-refractivity contribution in [1.29, 1.82) is 0 Å². The molecule has 0 bridgehead atoms. The van der Waals surface area contributed by atoms with Crippen LogP contribution in [0.4, 0.5) is 0 Å². The molecule has 6 nitrogen and oxygen atoms in total. The van der Waals surface area contributed by atoms with Crippen molar-refractivity contribution in [3.63, 3.8) is 0 Å². The third kappa shape index (κ3) is 2.02. The number of hydrogen-bond acceptors (Lipinski definition) is 5. The van der Waals surface area contributed by atoms with Gasteiger partial charge in [0, 0.05) is 24.0 Å². The largest absolute Gasteiger partial charge is 0.495 e. The highest BCUT2D eigenvalue weighted by molar-refractivity contribution is 5.93. The highest BCUT2D eigenvalue weighted by Crippen LogP contribution is 2.61. The summed E-state index contributed by atoms with van der Waals surface area (Å²) < 4.78 is 12.7. The second-order valence-corrected chi connectivity index (χ2v) is 8.55. The summed E-state index contributed by atoms with van der Waals surface area (Å²) in [5, 5.41) is 13.0. The molecule has 3 unspecified atom stereocenters. The minimum Gasteiger partial charge on any atom is -0.495 e. The number of carbonyl (C=O) groups excluding carboxylic acids is 1. The highest BCUT2D eigenvalue weighted by Gasteiger charge is 2.60. The van der Waals surface area contributed by atoms with E-state index in [9.17, 15) is 9.90 Å². The first-order valence-electron chi connectivity index (χ1n) is 10.3. The van der Waals surface area contributed by atoms with E-state index in [2.05, 4.69) is 17.9 Å². The first-order chi connectivity index (χ1) is 13.5. The van der Waals surface area contributed by atoms with Crippen molar-refractivity contribution in [2.24, 2.45) is 5.41 Å². The van der Waals surface area contributed by atoms with Crippen LogP contribution in [-0.2, 0) is 21.7 Å². The second kappa shape index (κ2) is 5.97. The van der Waals surface area contributed by atoms with Gasteiger partial charge in [0.1, 0.15) is 5.75 Å². The van der Waals surface area contributed by atoms with Crippen molar-refractivity contribution in [3.05, 3.63) is 29.5 Å². The Morgan fingerprint density at radius 3 is 2.86 bits per heavy atom. The topological polar surface area (TPSA) is 63.9 Å². The number of esters is 1. The monoisotopic (exact) mass is 384 g/mol. The molecule has 1 N–H and O–H groups in total. The molecule has 0 radical (unpaired) electrons. The van der Waals surface area contributed by atoms with Crippen LogP contribution in [0.15, 0.2) is 18.2 Å². The van der Waals surface area contributed by atoms with Gasteiger partial charge in [0.05, 0.1) is 25.8 Å². The summed E-state index contributed by atoms with van der Waals surface area (Å²) in [7, 11) is 2.99. The lowest BCUT2D eigenvalue weighted by Gasteiger charge is -2.57. The molecule has 1 aromatic heterocycles. The van der Waals surface area contributed by atoms with Gasteiger partial charge in [-0.3, -0.25) is 4.90 Å². The molecule has 3 atom stereocenters. The third-order valence-corrected chi connectivity index (χ3v) is 7.48. The van der Waals surface area contributed by atoms with Gasteiger partial charge in [-0.2, -0.15) is 0 Å². The molecule has 4 heterocycles. The van der Waals surface area contributed by atoms with Crippen LogP contribution in [0.25, 0.3) is 10.9 Å². The van der Waals surface area contributed by atoms with Crippen molar-refractivity contribution in [2.45, 2.75) is 50.8 Å². The van der Waals surface area contributed by atoms with Crippen molar-refractivity contribution in [2.75, 3.05) is 27.3 Å². The van der Waals surface area contributed by atoms with Crippen LogP contribution < -0.4 is 4.74 Å². The Balaban J connectivity index is 1.92. The average molecular weight is 384 g/mol. The first-order valence-corrected chi connectivity index (χ1v) is 10.3. The molecule has 0 aliphatic carbocycles. The van der Waals surface area contributed by atoms with Crippen molar-refractivity contribution >= 4 is 16.9 Å². The number of fused-ring (bicyclic) bond motifs is 3. The molecule has 0 amide bonds. The predicted octanol–water partition coefficient (Wildman–Crippen LogP) is 2.96. The number of nitrogens with zero attached hydrogens (tertiary/aromatic N) is 2. The summed E-state index contributed by atoms with van der Waals surface area (Å²) in [5.41, 5.74) is 1.29. The number of ether oxygens (including phenoxy) is 2. The lowest BCUT2D eigenvalue weighted by Crippen LogP contribution is -2.60. The first kappa shape index (κ1) is 18.0. The van der Waals surface area contributed by atoms with E-state index < -0.39 is 11.7 Å². The molecule has 3 aliphatic heterocycles. The molecule has 1 saturated heterocycles. The zero-order valence-corrected chi connectivity index (χ0v) is 16.8. The van der Waals surface area contributed by atoms with Crippen LogP contribution in [0.5, 0.6) is 5.75 Å². The van der Waals surface area contributed by atoms with Gasteiger partial charge in [-0.1, -0.05) is 19.1 Å². The van der Waals surface area contributed by atoms with E-state index in [-0.39, 0.29) is 11.5 Å². The maximum atomic E-state index is 13.0. The maximum Gasteiger partial charge on any atom is 0.359 e. The zero-order chi connectivity index (χ0) is 19.7. The normalized spacial score (nSPS) is 31.5. The summed E-state index contributed by atoms with van der Waals surface area (Å²) in [5.74, 6) is 0.0904. The number of aromatic nitrogens is 1. The lowest BCUT2D eigenvalue weighted by molar-refractivity contribution is -0.194. The molecule has 1 fully saturated rings. The fourth-order valence-corrected chi connectivity index (χ4v) is 6.31. The van der Waals surface area contributed by atoms with Crippen LogP contribution in [0.1, 0.15) is 49.9 Å². The predicted molar refractivity (Wildman–Crippen MR) is 105 cm³/mol. The Hall–Kier alpha value is -2.05. The van der Waals surface area contributed by atoms with Crippen LogP contribution in [0.3, 0.4) is 0 Å². The van der Waals surface area contributed by atoms with Gasteiger partial charge in [-0.25, -0.2) is 4.79 Å². The van der Waals surface area contributed by atoms with E-state index in [1.807, 2.05) is 16.7 Å². The van der Waals surface area contributed by atoms with Gasteiger partial charge in [-0.05, 0) is 49.3 Å². The van der Waals surface area contributed by atoms with E-state index in [4.69, 9.17) is 9.47 Å². The van der Waals surface area contributed by atoms with Gasteiger partial charge in [-0.15, -0.1) is 0 Å². The smallest absolute Gasteiger partial charge is 0.359 e. The maximum absolute atomic E-state index is 13.0. The van der Waals surface area contributed by atoms with E-state index in [1.165, 1.54) is 12.7 Å². The molecule has 150 valence electrons. The summed E-state index contributed by atoms with van der Waals surface area (Å²) in [6.07, 6.45) is 4.33. The fourth-order valence-electron chi connectivity index (χ4n) is 6.31. The summed E-state index contributed by atoms with van der Waals surface area (Å²) in [6.45, 7) is 4.28. The molecule has 3 aliphatic rings. The summed E-state index contributed by atoms with van der Waals surface area (Å²) in [6, 6.07) is 6.19. The number of para-hydroxylation sites is 1. The second-order valence-electron chi connectivity index (χ2n) is 8.55. The third-order valence-electron chi connectivity index (χ3n) is 7.48. The van der Waals surface area contributed by atoms with Crippen LogP contribution in [-0.4, -0.2) is 47.9 Å². The molecular formula is C22H28N2O4. The Morgan fingerprint density at radius 1 is 1.32 bits per heavy atom. The molecule has 1 aromatic carbocycles. The number of aliphatic hydroxyl groups is 1. The van der Waals surface area contributed by atoms with Crippen LogP contribution in [0, 0.1) is 5.41 Å². The fraction of sp³-hybridized carbons (Fsp3) is 0.591. The number of carbonyl (C=O) groups is 1. The minimum absolute atomic E-state index is 0.131. The zero-order valence-electron chi connectivity index (χ0n) is 16.8. The molecule has 6 heteroatoms. The molecule has 0 saturated carbocycles. The van der Waals surface area contributed by atoms with E-state index >= 15 is 0 Å². The molecule has 0 spiro atoms. The van der Waals surface area contributed by atoms with Crippen molar-refractivity contribution in [1.82, 2.24) is 9.47 Å². The standard InChI is InChI=1S/C22H28N2O4/c1-4-21-10-6-11-23-12-9-15-14-7-5-8-16(27-2)17(14)24(18(15)19(21)23)22(26,13-21)20(25)28-3/h5,7-8,19,26H,4,6,9-13H2,1-3H3. The van der Waals surface area contributed by atoms with E-state index in [0.717, 1.165) is 55.4 Å². The quantitative estimate of drug-likeness (QED) is 0.825. The van der Waals surface area contributed by atoms with Crippen molar-refractivity contribution in [3.8, 4) is 5.75 Å². The number of methoxy groups -OCH3 is 2. The Bertz CT molecular complexity index is 967. The Labute approximate surface area is 165 Å². The minimum atomic E-state index is -1.72. The van der Waals surface area contributed by atoms with Crippen LogP contribution in [0.2, 0.25) is 0 Å². The molecule has 5 rings (SSSR count). The van der Waals surface area contributed by atoms with Crippen LogP contribution >= 0.6 is 0 Å². The van der Waals surface area contributed by atoms with E-state index in [1.54, 1.807) is 7.11 Å². The van der Waals surface area contributed by atoms with Gasteiger partial charge in [0.25, 0.3) is 0 Å². The van der Waals surface area contributed by atoms with E-state index in [0.29, 0.717) is 12.2 Å². The Kier molecular flexibility index (Phi) is 3.84. The molecular weight excluding hydrogens is 356 g/mol. The Morgan fingerprint density at radius 2 is 2.14 bits per heavy atom. The molecule has 2 aromatic rings. The highest BCUT2D eigenvalue weighted by atomic mass is 16.5. The number of piperidine rings is 1. The number of benzene rings is 1. The summed E-state index contributed by atoms with van der Waals surface area (Å²) in [4.78, 5) is 15.6. The lowest BCUT2D eigenvalue weighted by atomic mass is 9.62. The van der Waals surface area contributed by atoms with Gasteiger partial charge >= 0.3 is 5.97 Å². The van der Waals surface area contributed by atoms with Gasteiger partial charge < -0.3 is 19.1 Å². The summed E-state index contributed by atoms with van der Waals surface area (Å²) >= 11 is 0.